The minimum Gasteiger partial charge on any atom is -0.391 e. The van der Waals surface area contributed by atoms with Gasteiger partial charge in [-0.2, -0.15) is 0 Å². The number of nitrogens with zero attached hydrogens (tertiary/aromatic N) is 2. The zero-order chi connectivity index (χ0) is 17.5. The van der Waals surface area contributed by atoms with Crippen LogP contribution in [-0.2, 0) is 13.1 Å². The normalized spacial score (nSPS) is 21.1. The van der Waals surface area contributed by atoms with E-state index in [1.54, 1.807) is 4.90 Å². The number of hydrogen-bond donors (Lipinski definition) is 2. The van der Waals surface area contributed by atoms with Gasteiger partial charge in [-0.1, -0.05) is 45.0 Å². The summed E-state index contributed by atoms with van der Waals surface area (Å²) in [4.78, 5) is 16.4. The summed E-state index contributed by atoms with van der Waals surface area (Å²) in [7, 11) is 0. The van der Waals surface area contributed by atoms with E-state index in [9.17, 15) is 9.90 Å². The van der Waals surface area contributed by atoms with Crippen LogP contribution in [0.4, 0.5) is 4.79 Å². The van der Waals surface area contributed by atoms with E-state index in [-0.39, 0.29) is 11.9 Å². The largest absolute Gasteiger partial charge is 0.391 e. The Bertz CT molecular complexity index is 531. The zero-order valence-electron chi connectivity index (χ0n) is 15.2. The first-order valence-electron chi connectivity index (χ1n) is 9.04. The lowest BCUT2D eigenvalue weighted by atomic mass is 9.96. The summed E-state index contributed by atoms with van der Waals surface area (Å²) in [5, 5.41) is 12.9. The van der Waals surface area contributed by atoms with Crippen molar-refractivity contribution >= 4 is 6.03 Å². The first-order valence-corrected chi connectivity index (χ1v) is 9.04. The number of amides is 2. The molecule has 134 valence electrons. The molecule has 1 heterocycles. The summed E-state index contributed by atoms with van der Waals surface area (Å²) in [6.07, 6.45) is 0.440. The number of aliphatic hydroxyl groups excluding tert-OH is 1. The van der Waals surface area contributed by atoms with Crippen LogP contribution in [0.15, 0.2) is 24.3 Å². The lowest BCUT2D eigenvalue weighted by molar-refractivity contribution is 0.0435. The molecule has 2 unspecified atom stereocenters. The van der Waals surface area contributed by atoms with Crippen LogP contribution in [0.5, 0.6) is 0 Å². The molecule has 1 aromatic carbocycles. The molecule has 0 radical (unpaired) electrons. The molecule has 2 atom stereocenters. The van der Waals surface area contributed by atoms with Crippen molar-refractivity contribution in [1.29, 1.82) is 0 Å². The average molecular weight is 333 g/mol. The second kappa shape index (κ2) is 9.04. The van der Waals surface area contributed by atoms with Crippen LogP contribution in [0.2, 0.25) is 0 Å². The van der Waals surface area contributed by atoms with Crippen LogP contribution in [0, 0.1) is 5.92 Å². The first-order chi connectivity index (χ1) is 11.5. The Morgan fingerprint density at radius 3 is 2.71 bits per heavy atom. The highest BCUT2D eigenvalue weighted by Gasteiger charge is 2.26. The monoisotopic (exact) mass is 333 g/mol. The Morgan fingerprint density at radius 1 is 1.33 bits per heavy atom. The number of hydrogen-bond acceptors (Lipinski definition) is 3. The van der Waals surface area contributed by atoms with Crippen LogP contribution in [0.3, 0.4) is 0 Å². The zero-order valence-corrected chi connectivity index (χ0v) is 15.2. The Balaban J connectivity index is 1.86. The maximum atomic E-state index is 12.3. The molecule has 1 saturated heterocycles. The van der Waals surface area contributed by atoms with Crippen molar-refractivity contribution in [3.63, 3.8) is 0 Å². The molecule has 2 amide bonds. The van der Waals surface area contributed by atoms with Gasteiger partial charge in [-0.25, -0.2) is 4.79 Å². The fraction of sp³-hybridized carbons (Fsp3) is 0.632. The Kier molecular flexibility index (Phi) is 7.06. The fourth-order valence-corrected chi connectivity index (χ4v) is 3.07. The number of urea groups is 1. The molecule has 1 fully saturated rings. The number of carbonyl (C=O) groups is 1. The van der Waals surface area contributed by atoms with Gasteiger partial charge in [0.25, 0.3) is 0 Å². The van der Waals surface area contributed by atoms with Gasteiger partial charge in [-0.15, -0.1) is 0 Å². The van der Waals surface area contributed by atoms with E-state index in [0.29, 0.717) is 19.6 Å². The van der Waals surface area contributed by atoms with Gasteiger partial charge < -0.3 is 15.3 Å². The third kappa shape index (κ3) is 5.21. The average Bonchev–Trinajstić information content (AvgIpc) is 2.60. The number of aliphatic hydroxyl groups is 1. The maximum absolute atomic E-state index is 12.3. The van der Waals surface area contributed by atoms with Crippen molar-refractivity contribution < 1.29 is 9.90 Å². The molecule has 5 nitrogen and oxygen atoms in total. The summed E-state index contributed by atoms with van der Waals surface area (Å²) in [6, 6.07) is 8.29. The lowest BCUT2D eigenvalue weighted by Crippen LogP contribution is -2.49. The molecule has 24 heavy (non-hydrogen) atoms. The van der Waals surface area contributed by atoms with Gasteiger partial charge in [0, 0.05) is 26.2 Å². The van der Waals surface area contributed by atoms with Crippen LogP contribution in [0.25, 0.3) is 0 Å². The van der Waals surface area contributed by atoms with Gasteiger partial charge in [0.2, 0.25) is 0 Å². The van der Waals surface area contributed by atoms with E-state index in [1.165, 1.54) is 5.56 Å². The Hall–Kier alpha value is -1.59. The van der Waals surface area contributed by atoms with Crippen molar-refractivity contribution in [2.24, 2.45) is 5.92 Å². The van der Waals surface area contributed by atoms with Gasteiger partial charge in [0.05, 0.1) is 6.10 Å². The van der Waals surface area contributed by atoms with E-state index in [1.807, 2.05) is 19.1 Å². The molecule has 0 spiro atoms. The number of piperidine rings is 1. The highest BCUT2D eigenvalue weighted by molar-refractivity contribution is 5.74. The van der Waals surface area contributed by atoms with Crippen LogP contribution in [0.1, 0.15) is 38.3 Å². The van der Waals surface area contributed by atoms with E-state index in [4.69, 9.17) is 0 Å². The van der Waals surface area contributed by atoms with E-state index in [2.05, 4.69) is 36.2 Å². The summed E-state index contributed by atoms with van der Waals surface area (Å²) in [5.41, 5.74) is 2.38. The second-order valence-electron chi connectivity index (χ2n) is 6.72. The number of carbonyl (C=O) groups excluding carboxylic acids is 1. The summed E-state index contributed by atoms with van der Waals surface area (Å²) < 4.78 is 0. The summed E-state index contributed by atoms with van der Waals surface area (Å²) in [6.45, 7) is 11.0. The highest BCUT2D eigenvalue weighted by Crippen LogP contribution is 2.17. The predicted molar refractivity (Wildman–Crippen MR) is 96.7 cm³/mol. The van der Waals surface area contributed by atoms with Gasteiger partial charge in [-0.3, -0.25) is 4.90 Å². The van der Waals surface area contributed by atoms with Gasteiger partial charge in [-0.05, 0) is 36.6 Å². The highest BCUT2D eigenvalue weighted by atomic mass is 16.3. The molecule has 0 saturated carbocycles. The molecule has 0 aromatic heterocycles. The smallest absolute Gasteiger partial charge is 0.317 e. The van der Waals surface area contributed by atoms with Crippen LogP contribution >= 0.6 is 0 Å². The summed E-state index contributed by atoms with van der Waals surface area (Å²) >= 11 is 0. The molecular formula is C19H31N3O2. The van der Waals surface area contributed by atoms with E-state index in [0.717, 1.165) is 31.6 Å². The molecule has 0 bridgehead atoms. The third-order valence-corrected chi connectivity index (χ3v) is 4.94. The minimum absolute atomic E-state index is 0.0879. The van der Waals surface area contributed by atoms with Crippen molar-refractivity contribution in [1.82, 2.24) is 15.1 Å². The predicted octanol–water partition coefficient (Wildman–Crippen LogP) is 2.44. The van der Waals surface area contributed by atoms with Crippen LogP contribution < -0.4 is 5.32 Å². The quantitative estimate of drug-likeness (QED) is 0.841. The molecular weight excluding hydrogens is 302 g/mol. The molecule has 1 aliphatic heterocycles. The van der Waals surface area contributed by atoms with Gasteiger partial charge >= 0.3 is 6.03 Å². The molecule has 5 heteroatoms. The van der Waals surface area contributed by atoms with Crippen molar-refractivity contribution in [2.75, 3.05) is 26.2 Å². The van der Waals surface area contributed by atoms with Gasteiger partial charge in [0.1, 0.15) is 0 Å². The number of likely N-dealkylation sites (tertiary alicyclic amines) is 1. The Labute approximate surface area is 145 Å². The molecule has 0 aliphatic carbocycles. The Morgan fingerprint density at radius 2 is 2.04 bits per heavy atom. The SMILES string of the molecule is CCN(CC)Cc1cccc(CNC(=O)N2CCC(C)C(O)C2)c1. The lowest BCUT2D eigenvalue weighted by Gasteiger charge is -2.34. The number of rotatable bonds is 6. The van der Waals surface area contributed by atoms with Crippen LogP contribution in [-0.4, -0.2) is 53.2 Å². The van der Waals surface area contributed by atoms with E-state index >= 15 is 0 Å². The number of benzene rings is 1. The molecule has 1 aromatic rings. The third-order valence-electron chi connectivity index (χ3n) is 4.94. The van der Waals surface area contributed by atoms with E-state index < -0.39 is 6.10 Å². The molecule has 2 N–H and O–H groups in total. The topological polar surface area (TPSA) is 55.8 Å². The first kappa shape index (κ1) is 18.7. The van der Waals surface area contributed by atoms with Gasteiger partial charge in [0.15, 0.2) is 0 Å². The second-order valence-corrected chi connectivity index (χ2v) is 6.72. The van der Waals surface area contributed by atoms with Crippen molar-refractivity contribution in [3.05, 3.63) is 35.4 Å². The minimum atomic E-state index is -0.415. The number of nitrogens with one attached hydrogen (secondary N) is 1. The molecule has 2 rings (SSSR count). The van der Waals surface area contributed by atoms with Crippen molar-refractivity contribution in [3.8, 4) is 0 Å². The standard InChI is InChI=1S/C19H31N3O2/c1-4-21(5-2)13-17-8-6-7-16(11-17)12-20-19(24)22-10-9-15(3)18(23)14-22/h6-8,11,15,18,23H,4-5,9-10,12-14H2,1-3H3,(H,20,24). The number of β-amino-alcohol motifs (C(OH)–C–C–N with tert-alkyl or cyclic N) is 1. The molecule has 1 aliphatic rings. The fourth-order valence-electron chi connectivity index (χ4n) is 3.07. The van der Waals surface area contributed by atoms with Crippen molar-refractivity contribution in [2.45, 2.75) is 46.4 Å². The summed E-state index contributed by atoms with van der Waals surface area (Å²) in [5.74, 6) is 0.269. The maximum Gasteiger partial charge on any atom is 0.317 e.